The molecule has 0 amide bonds. The number of aromatic nitrogens is 2. The normalized spacial score (nSPS) is 21.7. The molecule has 1 aliphatic heterocycles. The van der Waals surface area contributed by atoms with Gasteiger partial charge in [-0.15, -0.1) is 0 Å². The molecular formula is C9H10ClN3. The molecule has 0 saturated heterocycles. The van der Waals surface area contributed by atoms with Crippen molar-refractivity contribution in [3.05, 3.63) is 29.2 Å². The minimum Gasteiger partial charge on any atom is -0.276 e. The highest BCUT2D eigenvalue weighted by Crippen LogP contribution is 2.25. The third kappa shape index (κ3) is 1.80. The van der Waals surface area contributed by atoms with Crippen LogP contribution in [0.25, 0.3) is 0 Å². The fraction of sp³-hybridized carbons (Fsp3) is 0.333. The first kappa shape index (κ1) is 8.51. The Morgan fingerprint density at radius 1 is 1.62 bits per heavy atom. The zero-order valence-electron chi connectivity index (χ0n) is 7.31. The van der Waals surface area contributed by atoms with Gasteiger partial charge in [-0.2, -0.15) is 5.10 Å². The maximum absolute atomic E-state index is 5.88. The smallest absolute Gasteiger partial charge is 0.0712 e. The lowest BCUT2D eigenvalue weighted by Crippen LogP contribution is -2.05. The van der Waals surface area contributed by atoms with Crippen LogP contribution in [0, 0.1) is 0 Å². The molecule has 4 heteroatoms. The van der Waals surface area contributed by atoms with Crippen LogP contribution < -0.4 is 0 Å². The fourth-order valence-electron chi connectivity index (χ4n) is 1.36. The second kappa shape index (κ2) is 3.34. The van der Waals surface area contributed by atoms with Gasteiger partial charge in [-0.3, -0.25) is 9.67 Å². The van der Waals surface area contributed by atoms with E-state index >= 15 is 0 Å². The minimum atomic E-state index is 0.235. The van der Waals surface area contributed by atoms with E-state index in [4.69, 9.17) is 11.6 Å². The molecule has 1 aromatic heterocycles. The summed E-state index contributed by atoms with van der Waals surface area (Å²) in [4.78, 5) is 4.06. The van der Waals surface area contributed by atoms with Crippen LogP contribution in [-0.4, -0.2) is 16.0 Å². The zero-order chi connectivity index (χ0) is 9.26. The van der Waals surface area contributed by atoms with Gasteiger partial charge in [0.2, 0.25) is 0 Å². The highest BCUT2D eigenvalue weighted by atomic mass is 35.5. The summed E-state index contributed by atoms with van der Waals surface area (Å²) < 4.78 is 1.79. The van der Waals surface area contributed by atoms with E-state index in [1.165, 1.54) is 0 Å². The van der Waals surface area contributed by atoms with Crippen molar-refractivity contribution in [2.24, 2.45) is 12.0 Å². The molecule has 0 radical (unpaired) electrons. The van der Waals surface area contributed by atoms with E-state index in [2.05, 4.69) is 10.1 Å². The Bertz CT molecular complexity index is 365. The molecule has 1 aromatic rings. The molecule has 13 heavy (non-hydrogen) atoms. The number of aliphatic imine (C=N–C) groups is 1. The van der Waals surface area contributed by atoms with Gasteiger partial charge in [0.15, 0.2) is 0 Å². The molecule has 0 aromatic carbocycles. The van der Waals surface area contributed by atoms with Crippen molar-refractivity contribution in [1.82, 2.24) is 9.78 Å². The summed E-state index contributed by atoms with van der Waals surface area (Å²) in [6, 6.07) is 1.99. The SMILES string of the molecule is Cn1ccc(C2C=NC=C(Cl)C2)n1. The number of hydrogen-bond donors (Lipinski definition) is 0. The molecular weight excluding hydrogens is 186 g/mol. The lowest BCUT2D eigenvalue weighted by Gasteiger charge is -2.10. The van der Waals surface area contributed by atoms with Crippen molar-refractivity contribution in [2.45, 2.75) is 12.3 Å². The van der Waals surface area contributed by atoms with E-state index in [9.17, 15) is 0 Å². The largest absolute Gasteiger partial charge is 0.276 e. The standard InChI is InChI=1S/C9H10ClN3/c1-13-3-2-9(12-13)7-4-8(10)6-11-5-7/h2-3,5-7H,4H2,1H3. The maximum atomic E-state index is 5.88. The molecule has 1 aliphatic rings. The van der Waals surface area contributed by atoms with Gasteiger partial charge >= 0.3 is 0 Å². The van der Waals surface area contributed by atoms with Crippen LogP contribution in [0.2, 0.25) is 0 Å². The second-order valence-corrected chi connectivity index (χ2v) is 3.58. The van der Waals surface area contributed by atoms with Crippen molar-refractivity contribution in [1.29, 1.82) is 0 Å². The summed E-state index contributed by atoms with van der Waals surface area (Å²) in [6.45, 7) is 0. The number of halogens is 1. The molecule has 2 rings (SSSR count). The van der Waals surface area contributed by atoms with Crippen LogP contribution >= 0.6 is 11.6 Å². The highest BCUT2D eigenvalue weighted by molar-refractivity contribution is 6.29. The van der Waals surface area contributed by atoms with E-state index in [1.54, 1.807) is 10.9 Å². The first-order chi connectivity index (χ1) is 6.25. The van der Waals surface area contributed by atoms with Crippen molar-refractivity contribution in [2.75, 3.05) is 0 Å². The molecule has 0 aliphatic carbocycles. The van der Waals surface area contributed by atoms with Gasteiger partial charge in [0, 0.05) is 36.6 Å². The average molecular weight is 196 g/mol. The lowest BCUT2D eigenvalue weighted by atomic mass is 10.0. The van der Waals surface area contributed by atoms with E-state index in [0.717, 1.165) is 17.1 Å². The number of aryl methyl sites for hydroxylation is 1. The molecule has 1 unspecified atom stereocenters. The van der Waals surface area contributed by atoms with Crippen LogP contribution in [0.1, 0.15) is 18.0 Å². The summed E-state index contributed by atoms with van der Waals surface area (Å²) >= 11 is 5.88. The Morgan fingerprint density at radius 3 is 3.08 bits per heavy atom. The number of hydrogen-bond acceptors (Lipinski definition) is 2. The fourth-order valence-corrected chi connectivity index (χ4v) is 1.58. The first-order valence-corrected chi connectivity index (χ1v) is 4.51. The molecule has 1 atom stereocenters. The van der Waals surface area contributed by atoms with Crippen LogP contribution in [0.5, 0.6) is 0 Å². The summed E-state index contributed by atoms with van der Waals surface area (Å²) in [7, 11) is 1.90. The molecule has 0 N–H and O–H groups in total. The third-order valence-corrected chi connectivity index (χ3v) is 2.26. The number of allylic oxidation sites excluding steroid dienone is 1. The van der Waals surface area contributed by atoms with Crippen LogP contribution in [0.15, 0.2) is 28.5 Å². The maximum Gasteiger partial charge on any atom is 0.0712 e. The number of nitrogens with zero attached hydrogens (tertiary/aromatic N) is 3. The Hall–Kier alpha value is -1.09. The van der Waals surface area contributed by atoms with E-state index in [1.807, 2.05) is 25.5 Å². The van der Waals surface area contributed by atoms with E-state index < -0.39 is 0 Å². The van der Waals surface area contributed by atoms with Crippen LogP contribution in [0.3, 0.4) is 0 Å². The van der Waals surface area contributed by atoms with Crippen molar-refractivity contribution < 1.29 is 0 Å². The third-order valence-electron chi connectivity index (χ3n) is 2.01. The summed E-state index contributed by atoms with van der Waals surface area (Å²) in [5, 5.41) is 5.10. The van der Waals surface area contributed by atoms with Crippen molar-refractivity contribution >= 4 is 17.8 Å². The Labute approximate surface area is 81.7 Å². The molecule has 0 fully saturated rings. The first-order valence-electron chi connectivity index (χ1n) is 4.13. The average Bonchev–Trinajstić information content (AvgIpc) is 2.52. The van der Waals surface area contributed by atoms with Crippen LogP contribution in [-0.2, 0) is 7.05 Å². The molecule has 0 bridgehead atoms. The predicted octanol–water partition coefficient (Wildman–Crippen LogP) is 2.06. The van der Waals surface area contributed by atoms with Gasteiger partial charge in [-0.05, 0) is 12.5 Å². The molecule has 68 valence electrons. The van der Waals surface area contributed by atoms with Gasteiger partial charge in [-0.25, -0.2) is 0 Å². The van der Waals surface area contributed by atoms with Gasteiger partial charge < -0.3 is 0 Å². The highest BCUT2D eigenvalue weighted by Gasteiger charge is 2.15. The predicted molar refractivity (Wildman–Crippen MR) is 53.0 cm³/mol. The topological polar surface area (TPSA) is 30.2 Å². The zero-order valence-corrected chi connectivity index (χ0v) is 8.07. The second-order valence-electron chi connectivity index (χ2n) is 3.10. The van der Waals surface area contributed by atoms with Gasteiger partial charge in [0.05, 0.1) is 5.69 Å². The lowest BCUT2D eigenvalue weighted by molar-refractivity contribution is 0.725. The molecule has 3 nitrogen and oxygen atoms in total. The Kier molecular flexibility index (Phi) is 2.19. The number of rotatable bonds is 1. The molecule has 0 spiro atoms. The Morgan fingerprint density at radius 2 is 2.46 bits per heavy atom. The van der Waals surface area contributed by atoms with E-state index in [0.29, 0.717) is 0 Å². The summed E-state index contributed by atoms with van der Waals surface area (Å²) in [6.07, 6.45) is 6.30. The Balaban J connectivity index is 2.20. The van der Waals surface area contributed by atoms with E-state index in [-0.39, 0.29) is 5.92 Å². The minimum absolute atomic E-state index is 0.235. The molecule has 2 heterocycles. The van der Waals surface area contributed by atoms with Gasteiger partial charge in [-0.1, -0.05) is 11.6 Å². The van der Waals surface area contributed by atoms with Crippen LogP contribution in [0.4, 0.5) is 0 Å². The quantitative estimate of drug-likeness (QED) is 0.675. The summed E-state index contributed by atoms with van der Waals surface area (Å²) in [5.41, 5.74) is 1.03. The van der Waals surface area contributed by atoms with Crippen molar-refractivity contribution in [3.63, 3.8) is 0 Å². The van der Waals surface area contributed by atoms with Gasteiger partial charge in [0.25, 0.3) is 0 Å². The van der Waals surface area contributed by atoms with Gasteiger partial charge in [0.1, 0.15) is 0 Å². The molecule has 0 saturated carbocycles. The summed E-state index contributed by atoms with van der Waals surface area (Å²) in [5.74, 6) is 0.235. The van der Waals surface area contributed by atoms with Crippen molar-refractivity contribution in [3.8, 4) is 0 Å². The monoisotopic (exact) mass is 195 g/mol.